The van der Waals surface area contributed by atoms with E-state index >= 15 is 0 Å². The molecule has 140 valence electrons. The van der Waals surface area contributed by atoms with Gasteiger partial charge in [-0.15, -0.1) is 0 Å². The number of aromatic hydroxyl groups is 1. The van der Waals surface area contributed by atoms with Crippen LogP contribution in [0.4, 0.5) is 0 Å². The molecule has 3 rings (SSSR count). The number of phenols is 1. The molecule has 4 nitrogen and oxygen atoms in total. The Balaban J connectivity index is 1.61. The van der Waals surface area contributed by atoms with Gasteiger partial charge in [0.25, 0.3) is 0 Å². The number of hydrogen-bond donors (Lipinski definition) is 1. The summed E-state index contributed by atoms with van der Waals surface area (Å²) in [6.07, 6.45) is 7.91. The molecule has 0 amide bonds. The number of carbonyl (C=O) groups excluding carboxylic acids is 2. The molecule has 0 fully saturated rings. The van der Waals surface area contributed by atoms with Gasteiger partial charge in [-0.05, 0) is 67.1 Å². The zero-order chi connectivity index (χ0) is 19.9. The normalized spacial score (nSPS) is 11.3. The van der Waals surface area contributed by atoms with Crippen molar-refractivity contribution in [3.05, 3.63) is 95.8 Å². The van der Waals surface area contributed by atoms with Crippen molar-refractivity contribution in [3.63, 3.8) is 0 Å². The molecule has 0 saturated heterocycles. The average molecular weight is 371 g/mol. The van der Waals surface area contributed by atoms with Gasteiger partial charge < -0.3 is 9.67 Å². The number of carbonyl (C=O) groups is 2. The van der Waals surface area contributed by atoms with Gasteiger partial charge in [0, 0.05) is 17.6 Å². The topological polar surface area (TPSA) is 59.3 Å². The molecule has 0 radical (unpaired) electrons. The first-order valence-corrected chi connectivity index (χ1v) is 8.96. The highest BCUT2D eigenvalue weighted by Crippen LogP contribution is 2.15. The van der Waals surface area contributed by atoms with E-state index in [1.165, 1.54) is 17.7 Å². The minimum atomic E-state index is -0.267. The van der Waals surface area contributed by atoms with Crippen LogP contribution < -0.4 is 0 Å². The molecule has 0 unspecified atom stereocenters. The predicted octanol–water partition coefficient (Wildman–Crippen LogP) is 4.75. The summed E-state index contributed by atoms with van der Waals surface area (Å²) in [4.78, 5) is 24.1. The van der Waals surface area contributed by atoms with Crippen LogP contribution in [-0.2, 0) is 9.59 Å². The monoisotopic (exact) mass is 371 g/mol. The van der Waals surface area contributed by atoms with Crippen LogP contribution in [0.5, 0.6) is 5.75 Å². The number of rotatable bonds is 7. The number of nitrogens with zero attached hydrogens (tertiary/aromatic N) is 1. The summed E-state index contributed by atoms with van der Waals surface area (Å²) >= 11 is 0. The summed E-state index contributed by atoms with van der Waals surface area (Å²) in [6.45, 7) is 2.03. The number of allylic oxidation sites excluding steroid dienone is 2. The van der Waals surface area contributed by atoms with Crippen molar-refractivity contribution in [1.82, 2.24) is 4.57 Å². The lowest BCUT2D eigenvalue weighted by atomic mass is 10.1. The summed E-state index contributed by atoms with van der Waals surface area (Å²) in [7, 11) is 0. The van der Waals surface area contributed by atoms with Crippen molar-refractivity contribution in [2.75, 3.05) is 0 Å². The number of aryl methyl sites for hydroxylation is 1. The second kappa shape index (κ2) is 8.82. The van der Waals surface area contributed by atoms with Crippen molar-refractivity contribution in [2.24, 2.45) is 0 Å². The first kappa shape index (κ1) is 19.1. The summed E-state index contributed by atoms with van der Waals surface area (Å²) in [5.41, 5.74) is 3.84. The Bertz CT molecular complexity index is 1020. The second-order valence-electron chi connectivity index (χ2n) is 6.51. The highest BCUT2D eigenvalue weighted by molar-refractivity contribution is 6.10. The smallest absolute Gasteiger partial charge is 0.163 e. The fourth-order valence-corrected chi connectivity index (χ4v) is 2.71. The molecule has 2 aromatic carbocycles. The van der Waals surface area contributed by atoms with Crippen LogP contribution in [0.3, 0.4) is 0 Å². The third kappa shape index (κ3) is 5.17. The first-order chi connectivity index (χ1) is 13.5. The van der Waals surface area contributed by atoms with E-state index in [0.29, 0.717) is 0 Å². The maximum Gasteiger partial charge on any atom is 0.163 e. The van der Waals surface area contributed by atoms with Gasteiger partial charge in [-0.25, -0.2) is 0 Å². The molecule has 4 heteroatoms. The van der Waals surface area contributed by atoms with Gasteiger partial charge in [-0.2, -0.15) is 0 Å². The van der Waals surface area contributed by atoms with Crippen molar-refractivity contribution < 1.29 is 14.7 Å². The zero-order valence-corrected chi connectivity index (χ0v) is 15.6. The molecule has 0 spiro atoms. The average Bonchev–Trinajstić information content (AvgIpc) is 3.15. The van der Waals surface area contributed by atoms with Gasteiger partial charge >= 0.3 is 0 Å². The minimum Gasteiger partial charge on any atom is -0.508 e. The van der Waals surface area contributed by atoms with Crippen molar-refractivity contribution in [1.29, 1.82) is 0 Å². The van der Waals surface area contributed by atoms with Crippen LogP contribution >= 0.6 is 0 Å². The Labute approximate surface area is 164 Å². The van der Waals surface area contributed by atoms with Crippen molar-refractivity contribution >= 4 is 23.7 Å². The van der Waals surface area contributed by atoms with Crippen LogP contribution in [-0.4, -0.2) is 21.2 Å². The third-order valence-electron chi connectivity index (χ3n) is 4.24. The van der Waals surface area contributed by atoms with Gasteiger partial charge in [-0.1, -0.05) is 35.9 Å². The number of aromatic nitrogens is 1. The Morgan fingerprint density at radius 3 is 2.21 bits per heavy atom. The summed E-state index contributed by atoms with van der Waals surface area (Å²) in [5, 5.41) is 9.25. The Morgan fingerprint density at radius 2 is 1.54 bits per heavy atom. The van der Waals surface area contributed by atoms with Crippen molar-refractivity contribution in [2.45, 2.75) is 13.3 Å². The molecule has 28 heavy (non-hydrogen) atoms. The maximum absolute atomic E-state index is 12.1. The van der Waals surface area contributed by atoms with E-state index in [2.05, 4.69) is 0 Å². The lowest BCUT2D eigenvalue weighted by molar-refractivity contribution is -0.121. The lowest BCUT2D eigenvalue weighted by Crippen LogP contribution is -2.02. The lowest BCUT2D eigenvalue weighted by Gasteiger charge is -2.06. The summed E-state index contributed by atoms with van der Waals surface area (Å²) in [6, 6.07) is 18.4. The van der Waals surface area contributed by atoms with Crippen LogP contribution in [0.25, 0.3) is 17.8 Å². The quantitative estimate of drug-likeness (QED) is 0.482. The minimum absolute atomic E-state index is 0.166. The number of benzene rings is 2. The summed E-state index contributed by atoms with van der Waals surface area (Å²) < 4.78 is 1.98. The third-order valence-corrected chi connectivity index (χ3v) is 4.24. The molecule has 0 aliphatic carbocycles. The van der Waals surface area contributed by atoms with E-state index in [-0.39, 0.29) is 23.7 Å². The SMILES string of the molecule is Cc1ccc(-n2cccc2C=CC(=O)CC(=O)C=Cc2ccc(O)cc2)cc1. The van der Waals surface area contributed by atoms with Crippen LogP contribution in [0.15, 0.2) is 79.0 Å². The van der Waals surface area contributed by atoms with E-state index < -0.39 is 0 Å². The fraction of sp³-hybridized carbons (Fsp3) is 0.0833. The number of ketones is 2. The molecule has 0 atom stereocenters. The molecule has 0 bridgehead atoms. The standard InChI is InChI=1S/C24H21NO3/c1-18-4-9-21(10-5-18)25-16-2-3-20(25)11-15-24(28)17-23(27)14-8-19-6-12-22(26)13-7-19/h2-16,26H,17H2,1H3. The molecular weight excluding hydrogens is 350 g/mol. The fourth-order valence-electron chi connectivity index (χ4n) is 2.71. The van der Waals surface area contributed by atoms with Gasteiger partial charge in [0.2, 0.25) is 0 Å². The molecule has 0 saturated carbocycles. The molecule has 1 heterocycles. The largest absolute Gasteiger partial charge is 0.508 e. The highest BCUT2D eigenvalue weighted by Gasteiger charge is 2.05. The van der Waals surface area contributed by atoms with Gasteiger partial charge in [0.15, 0.2) is 11.6 Å². The van der Waals surface area contributed by atoms with E-state index in [1.807, 2.05) is 54.1 Å². The zero-order valence-electron chi connectivity index (χ0n) is 15.6. The molecule has 3 aromatic rings. The van der Waals surface area contributed by atoms with Crippen molar-refractivity contribution in [3.8, 4) is 11.4 Å². The summed E-state index contributed by atoms with van der Waals surface area (Å²) in [5.74, 6) is -0.354. The first-order valence-electron chi connectivity index (χ1n) is 8.96. The number of phenolic OH excluding ortho intramolecular Hbond substituents is 1. The van der Waals surface area contributed by atoms with E-state index in [0.717, 1.165) is 16.9 Å². The molecule has 1 N–H and O–H groups in total. The Morgan fingerprint density at radius 1 is 0.893 bits per heavy atom. The molecule has 1 aromatic heterocycles. The molecular formula is C24H21NO3. The highest BCUT2D eigenvalue weighted by atomic mass is 16.3. The van der Waals surface area contributed by atoms with Gasteiger partial charge in [0.05, 0.1) is 6.42 Å². The van der Waals surface area contributed by atoms with E-state index in [4.69, 9.17) is 0 Å². The van der Waals surface area contributed by atoms with Crippen LogP contribution in [0, 0.1) is 6.92 Å². The maximum atomic E-state index is 12.1. The Kier molecular flexibility index (Phi) is 6.02. The number of hydrogen-bond acceptors (Lipinski definition) is 3. The molecule has 0 aliphatic rings. The van der Waals surface area contributed by atoms with Gasteiger partial charge in [-0.3, -0.25) is 9.59 Å². The van der Waals surface area contributed by atoms with Crippen LogP contribution in [0.1, 0.15) is 23.2 Å². The van der Waals surface area contributed by atoms with Crippen LogP contribution in [0.2, 0.25) is 0 Å². The second-order valence-corrected chi connectivity index (χ2v) is 6.51. The Hall–Kier alpha value is -3.66. The molecule has 0 aliphatic heterocycles. The van der Waals surface area contributed by atoms with E-state index in [9.17, 15) is 14.7 Å². The van der Waals surface area contributed by atoms with Gasteiger partial charge in [0.1, 0.15) is 5.75 Å². The predicted molar refractivity (Wildman–Crippen MR) is 111 cm³/mol. The van der Waals surface area contributed by atoms with E-state index in [1.54, 1.807) is 36.4 Å².